The summed E-state index contributed by atoms with van der Waals surface area (Å²) >= 11 is 0. The largest absolute Gasteiger partial charge is 0.494 e. The summed E-state index contributed by atoms with van der Waals surface area (Å²) in [5.74, 6) is 0.199. The summed E-state index contributed by atoms with van der Waals surface area (Å²) in [5.41, 5.74) is 3.47. The SMILES string of the molecule is CCOc1cccc(C(=O)Nc2cccc(NC(=O)c3ccc(C(C)(C)C)cc3)c2)c1. The van der Waals surface area contributed by atoms with Crippen LogP contribution in [-0.2, 0) is 5.41 Å². The van der Waals surface area contributed by atoms with Crippen molar-refractivity contribution in [2.24, 2.45) is 0 Å². The lowest BCUT2D eigenvalue weighted by atomic mass is 9.87. The zero-order valence-electron chi connectivity index (χ0n) is 18.4. The Bertz CT molecular complexity index is 1070. The molecule has 0 saturated carbocycles. The minimum absolute atomic E-state index is 0.0315. The molecule has 0 heterocycles. The van der Waals surface area contributed by atoms with Gasteiger partial charge in [-0.1, -0.05) is 45.0 Å². The quantitative estimate of drug-likeness (QED) is 0.527. The van der Waals surface area contributed by atoms with E-state index in [9.17, 15) is 9.59 Å². The molecule has 31 heavy (non-hydrogen) atoms. The van der Waals surface area contributed by atoms with Crippen LogP contribution in [0.3, 0.4) is 0 Å². The van der Waals surface area contributed by atoms with E-state index >= 15 is 0 Å². The summed E-state index contributed by atoms with van der Waals surface area (Å²) in [5, 5.41) is 5.74. The number of hydrogen-bond acceptors (Lipinski definition) is 3. The van der Waals surface area contributed by atoms with Crippen molar-refractivity contribution in [1.82, 2.24) is 0 Å². The van der Waals surface area contributed by atoms with Crippen LogP contribution in [0.2, 0.25) is 0 Å². The van der Waals surface area contributed by atoms with E-state index in [4.69, 9.17) is 4.74 Å². The van der Waals surface area contributed by atoms with Gasteiger partial charge in [0.05, 0.1) is 6.61 Å². The molecule has 0 aliphatic heterocycles. The molecule has 5 nitrogen and oxygen atoms in total. The maximum atomic E-state index is 12.6. The van der Waals surface area contributed by atoms with Crippen molar-refractivity contribution < 1.29 is 14.3 Å². The number of ether oxygens (including phenoxy) is 1. The molecule has 5 heteroatoms. The first-order valence-corrected chi connectivity index (χ1v) is 10.3. The fourth-order valence-electron chi connectivity index (χ4n) is 3.10. The van der Waals surface area contributed by atoms with Crippen LogP contribution in [0.1, 0.15) is 54.0 Å². The minimum atomic E-state index is -0.247. The Morgan fingerprint density at radius 1 is 0.774 bits per heavy atom. The van der Waals surface area contributed by atoms with Crippen molar-refractivity contribution >= 4 is 23.2 Å². The molecule has 0 atom stereocenters. The fraction of sp³-hybridized carbons (Fsp3) is 0.231. The van der Waals surface area contributed by atoms with Gasteiger partial charge in [-0.05, 0) is 66.4 Å². The first-order chi connectivity index (χ1) is 14.8. The lowest BCUT2D eigenvalue weighted by Gasteiger charge is -2.19. The standard InChI is InChI=1S/C26H28N2O3/c1-5-31-23-11-6-8-19(16-23)25(30)28-22-10-7-9-21(17-22)27-24(29)18-12-14-20(15-13-18)26(2,3)4/h6-17H,5H2,1-4H3,(H,27,29)(H,28,30). The maximum Gasteiger partial charge on any atom is 0.255 e. The third-order valence-corrected chi connectivity index (χ3v) is 4.80. The third-order valence-electron chi connectivity index (χ3n) is 4.80. The zero-order valence-corrected chi connectivity index (χ0v) is 18.4. The predicted molar refractivity (Wildman–Crippen MR) is 125 cm³/mol. The van der Waals surface area contributed by atoms with Crippen LogP contribution in [0.15, 0.2) is 72.8 Å². The molecule has 0 aliphatic carbocycles. The van der Waals surface area contributed by atoms with Gasteiger partial charge < -0.3 is 15.4 Å². The topological polar surface area (TPSA) is 67.4 Å². The molecule has 3 aromatic rings. The van der Waals surface area contributed by atoms with Crippen LogP contribution < -0.4 is 15.4 Å². The molecular weight excluding hydrogens is 388 g/mol. The maximum absolute atomic E-state index is 12.6. The smallest absolute Gasteiger partial charge is 0.255 e. The van der Waals surface area contributed by atoms with Gasteiger partial charge in [-0.3, -0.25) is 9.59 Å². The summed E-state index contributed by atoms with van der Waals surface area (Å²) < 4.78 is 5.45. The lowest BCUT2D eigenvalue weighted by molar-refractivity contribution is 0.101. The molecule has 3 aromatic carbocycles. The molecule has 2 amide bonds. The van der Waals surface area contributed by atoms with Gasteiger partial charge in [-0.15, -0.1) is 0 Å². The molecule has 0 aliphatic rings. The van der Waals surface area contributed by atoms with E-state index in [0.717, 1.165) is 0 Å². The number of benzene rings is 3. The Hall–Kier alpha value is -3.60. The average molecular weight is 417 g/mol. The zero-order chi connectivity index (χ0) is 22.4. The van der Waals surface area contributed by atoms with E-state index in [1.807, 2.05) is 37.3 Å². The van der Waals surface area contributed by atoms with Gasteiger partial charge in [0.1, 0.15) is 5.75 Å². The molecule has 0 saturated heterocycles. The van der Waals surface area contributed by atoms with E-state index in [1.165, 1.54) is 5.56 Å². The highest BCUT2D eigenvalue weighted by atomic mass is 16.5. The molecule has 0 unspecified atom stereocenters. The second kappa shape index (κ2) is 9.47. The Kier molecular flexibility index (Phi) is 6.75. The molecule has 0 fully saturated rings. The van der Waals surface area contributed by atoms with Gasteiger partial charge in [0, 0.05) is 22.5 Å². The monoisotopic (exact) mass is 416 g/mol. The Morgan fingerprint density at radius 3 is 1.94 bits per heavy atom. The van der Waals surface area contributed by atoms with Crippen molar-refractivity contribution in [1.29, 1.82) is 0 Å². The molecule has 0 bridgehead atoms. The van der Waals surface area contributed by atoms with Gasteiger partial charge >= 0.3 is 0 Å². The van der Waals surface area contributed by atoms with Crippen molar-refractivity contribution in [3.63, 3.8) is 0 Å². The van der Waals surface area contributed by atoms with E-state index < -0.39 is 0 Å². The van der Waals surface area contributed by atoms with Crippen molar-refractivity contribution in [2.45, 2.75) is 33.1 Å². The van der Waals surface area contributed by atoms with Gasteiger partial charge in [-0.2, -0.15) is 0 Å². The van der Waals surface area contributed by atoms with E-state index in [1.54, 1.807) is 42.5 Å². The highest BCUT2D eigenvalue weighted by Gasteiger charge is 2.14. The number of carbonyl (C=O) groups is 2. The van der Waals surface area contributed by atoms with Crippen LogP contribution >= 0.6 is 0 Å². The van der Waals surface area contributed by atoms with Gasteiger partial charge in [0.2, 0.25) is 0 Å². The van der Waals surface area contributed by atoms with Crippen molar-refractivity contribution in [3.8, 4) is 5.75 Å². The number of carbonyl (C=O) groups excluding carboxylic acids is 2. The summed E-state index contributed by atoms with van der Waals surface area (Å²) in [7, 11) is 0. The van der Waals surface area contributed by atoms with Crippen LogP contribution in [0.25, 0.3) is 0 Å². The van der Waals surface area contributed by atoms with Gasteiger partial charge in [0.25, 0.3) is 11.8 Å². The number of hydrogen-bond donors (Lipinski definition) is 2. The first kappa shape index (κ1) is 22.1. The fourth-order valence-corrected chi connectivity index (χ4v) is 3.10. The average Bonchev–Trinajstić information content (AvgIpc) is 2.74. The second-order valence-electron chi connectivity index (χ2n) is 8.28. The molecule has 0 spiro atoms. The summed E-state index contributed by atoms with van der Waals surface area (Å²) in [4.78, 5) is 25.2. The van der Waals surface area contributed by atoms with Gasteiger partial charge in [0.15, 0.2) is 0 Å². The lowest BCUT2D eigenvalue weighted by Crippen LogP contribution is -2.15. The molecule has 2 N–H and O–H groups in total. The van der Waals surface area contributed by atoms with E-state index in [2.05, 4.69) is 31.4 Å². The van der Waals surface area contributed by atoms with Crippen LogP contribution in [0.4, 0.5) is 11.4 Å². The summed E-state index contributed by atoms with van der Waals surface area (Å²) in [6.45, 7) is 8.83. The van der Waals surface area contributed by atoms with E-state index in [0.29, 0.717) is 34.9 Å². The Morgan fingerprint density at radius 2 is 1.35 bits per heavy atom. The summed E-state index contributed by atoms with van der Waals surface area (Å²) in [6, 6.07) is 21.7. The normalized spacial score (nSPS) is 11.0. The minimum Gasteiger partial charge on any atom is -0.494 e. The highest BCUT2D eigenvalue weighted by Crippen LogP contribution is 2.23. The van der Waals surface area contributed by atoms with Crippen LogP contribution in [0.5, 0.6) is 5.75 Å². The van der Waals surface area contributed by atoms with Crippen LogP contribution in [0, 0.1) is 0 Å². The van der Waals surface area contributed by atoms with Gasteiger partial charge in [-0.25, -0.2) is 0 Å². The van der Waals surface area contributed by atoms with Crippen molar-refractivity contribution in [2.75, 3.05) is 17.2 Å². The third kappa shape index (κ3) is 5.95. The van der Waals surface area contributed by atoms with E-state index in [-0.39, 0.29) is 17.2 Å². The number of anilines is 2. The Labute approximate surface area is 183 Å². The molecule has 0 radical (unpaired) electrons. The molecule has 160 valence electrons. The number of nitrogens with one attached hydrogen (secondary N) is 2. The van der Waals surface area contributed by atoms with Crippen LogP contribution in [-0.4, -0.2) is 18.4 Å². The predicted octanol–water partition coefficient (Wildman–Crippen LogP) is 5.89. The van der Waals surface area contributed by atoms with Crippen molar-refractivity contribution in [3.05, 3.63) is 89.5 Å². The Balaban J connectivity index is 1.68. The molecular formula is C26H28N2O3. The first-order valence-electron chi connectivity index (χ1n) is 10.3. The number of rotatable bonds is 6. The summed E-state index contributed by atoms with van der Waals surface area (Å²) in [6.07, 6.45) is 0. The highest BCUT2D eigenvalue weighted by molar-refractivity contribution is 6.06. The second-order valence-corrected chi connectivity index (χ2v) is 8.28. The number of amides is 2. The molecule has 0 aromatic heterocycles. The molecule has 3 rings (SSSR count).